The van der Waals surface area contributed by atoms with E-state index in [1.54, 1.807) is 37.3 Å². The number of benzene rings is 11. The van der Waals surface area contributed by atoms with Gasteiger partial charge in [-0.1, -0.05) is 43.3 Å². The quantitative estimate of drug-likeness (QED) is 0.0235. The van der Waals surface area contributed by atoms with E-state index in [0.29, 0.717) is 29.6 Å². The van der Waals surface area contributed by atoms with Gasteiger partial charge in [0.25, 0.3) is 60.7 Å². The first-order valence-electron chi connectivity index (χ1n) is 28.7. The maximum Gasteiger partial charge on any atom is 0.297 e. The normalized spacial score (nSPS) is 13.0. The van der Waals surface area contributed by atoms with Gasteiger partial charge in [0.2, 0.25) is 0 Å². The highest BCUT2D eigenvalue weighted by Gasteiger charge is 2.30. The SMILES string of the molecule is CCCOc1cc(N=Nc2cc(S(=O)(=O)O)cc3cc(S(=O)(=O)O)cc(O)c23)c(C)cc1N=Nc1c(S(=O)(=O)O)cc2c(S(=O)(=O)O)c(N=Nc3c(Nc4ccccc4)ccc4c(O)c(N=Nc5ccc6c(O)c(N=Nc7ccccc7S(=O)(=O)O)ccc6c5)c(S(=O)(=O)O)cc34)ccc2c1O. The number of hydrogen-bond donors (Lipinski definition) is 11. The molecule has 0 aliphatic heterocycles. The van der Waals surface area contributed by atoms with Crippen LogP contribution in [0.15, 0.2) is 238 Å². The van der Waals surface area contributed by atoms with Crippen LogP contribution in [0.1, 0.15) is 18.9 Å². The molecule has 0 amide bonds. The van der Waals surface area contributed by atoms with Crippen LogP contribution in [0.5, 0.6) is 28.7 Å². The van der Waals surface area contributed by atoms with Gasteiger partial charge in [0.05, 0.1) is 44.5 Å². The number of rotatable bonds is 21. The van der Waals surface area contributed by atoms with Crippen LogP contribution in [0, 0.1) is 6.92 Å². The van der Waals surface area contributed by atoms with Crippen LogP contribution in [0.4, 0.5) is 68.2 Å². The van der Waals surface area contributed by atoms with E-state index in [4.69, 9.17) is 4.74 Å². The van der Waals surface area contributed by atoms with E-state index in [-0.39, 0.29) is 79.0 Å². The lowest BCUT2D eigenvalue weighted by Crippen LogP contribution is -2.03. The maximum absolute atomic E-state index is 13.6. The zero-order valence-electron chi connectivity index (χ0n) is 51.6. The number of anilines is 2. The molecule has 0 aliphatic rings. The lowest BCUT2D eigenvalue weighted by molar-refractivity contribution is 0.318. The molecule has 0 fully saturated rings. The fourth-order valence-corrected chi connectivity index (χ4v) is 14.1. The monoisotopic (exact) mass is 1510 g/mol. The molecule has 102 heavy (non-hydrogen) atoms. The second-order valence-corrected chi connectivity index (χ2v) is 30.2. The smallest absolute Gasteiger partial charge is 0.297 e. The molecule has 0 aliphatic carbocycles. The van der Waals surface area contributed by atoms with Crippen molar-refractivity contribution in [1.29, 1.82) is 0 Å². The predicted molar refractivity (Wildman–Crippen MR) is 365 cm³/mol. The number of fused-ring (bicyclic) bond motifs is 4. The molecule has 524 valence electrons. The van der Waals surface area contributed by atoms with Crippen molar-refractivity contribution in [1.82, 2.24) is 0 Å². The van der Waals surface area contributed by atoms with Crippen LogP contribution < -0.4 is 10.1 Å². The predicted octanol–water partition coefficient (Wildman–Crippen LogP) is 15.5. The van der Waals surface area contributed by atoms with E-state index in [1.165, 1.54) is 79.7 Å². The van der Waals surface area contributed by atoms with Crippen molar-refractivity contribution in [2.45, 2.75) is 49.6 Å². The zero-order valence-corrected chi connectivity index (χ0v) is 56.5. The molecule has 0 radical (unpaired) electrons. The van der Waals surface area contributed by atoms with Gasteiger partial charge in [0.1, 0.15) is 70.9 Å². The number of aryl methyl sites for hydroxylation is 1. The van der Waals surface area contributed by atoms with Crippen LogP contribution in [0.25, 0.3) is 43.1 Å². The standard InChI is InChI=1S/C62H47N11O23S6/c1-3-21-96-51-30-47(68-70-49-26-36(97(78,79)80)24-33-25-37(98(81,82)83)27-50(74)55(33)49)31(2)22-48(51)69-73-58-54(101(90,91)92)29-42-40(61(58)77)17-20-46(62(42)102(93,94)95)67-71-56-41-28-53(100(87,88)89)57(60(76)39(41)16-19-44(56)63-34-9-5-4-6-10-34)72-64-35-14-15-38-32(23-35)13-18-45(59(38)75)66-65-43-11-7-8-12-52(43)99(84,85)86/h4-20,22-30,63,74-77H,3,21H2,1-2H3,(H,78,79,80)(H,81,82,83)(H,84,85,86)(H,87,88,89)(H,90,91,92)(H,93,94,95). The molecule has 0 bridgehead atoms. The Morgan fingerprint density at radius 2 is 0.912 bits per heavy atom. The summed E-state index contributed by atoms with van der Waals surface area (Å²) in [6, 6.07) is 31.5. The lowest BCUT2D eigenvalue weighted by Gasteiger charge is -2.15. The van der Waals surface area contributed by atoms with Crippen LogP contribution in [-0.4, -0.2) is 105 Å². The van der Waals surface area contributed by atoms with Crippen molar-refractivity contribution < 1.29 is 103 Å². The van der Waals surface area contributed by atoms with E-state index in [2.05, 4.69) is 56.5 Å². The van der Waals surface area contributed by atoms with Crippen LogP contribution in [-0.2, 0) is 60.7 Å². The summed E-state index contributed by atoms with van der Waals surface area (Å²) < 4.78 is 220. The summed E-state index contributed by atoms with van der Waals surface area (Å²) in [5.74, 6) is -3.47. The molecular weight excluding hydrogens is 1460 g/mol. The first-order valence-corrected chi connectivity index (χ1v) is 37.4. The topological polar surface area (TPSA) is 552 Å². The number of aromatic hydroxyl groups is 4. The van der Waals surface area contributed by atoms with E-state index < -0.39 is 152 Å². The number of ether oxygens (including phenoxy) is 1. The van der Waals surface area contributed by atoms with E-state index in [9.17, 15) is 98.2 Å². The Hall–Kier alpha value is -11.3. The molecule has 0 saturated carbocycles. The molecule has 0 heterocycles. The third kappa shape index (κ3) is 15.1. The number of para-hydroxylation sites is 1. The van der Waals surface area contributed by atoms with Gasteiger partial charge >= 0.3 is 0 Å². The third-order valence-corrected chi connectivity index (χ3v) is 20.2. The first kappa shape index (κ1) is 72.0. The van der Waals surface area contributed by atoms with E-state index in [1.807, 2.05) is 0 Å². The van der Waals surface area contributed by atoms with Gasteiger partial charge < -0.3 is 30.5 Å². The molecule has 11 aromatic rings. The highest BCUT2D eigenvalue weighted by Crippen LogP contribution is 2.51. The summed E-state index contributed by atoms with van der Waals surface area (Å²) in [6.45, 7) is 3.14. The van der Waals surface area contributed by atoms with Crippen molar-refractivity contribution in [2.24, 2.45) is 51.1 Å². The molecule has 11 rings (SSSR count). The van der Waals surface area contributed by atoms with Gasteiger partial charge in [-0.2, -0.15) is 60.7 Å². The van der Waals surface area contributed by atoms with Gasteiger partial charge in [-0.15, -0.1) is 40.9 Å². The molecule has 0 unspecified atom stereocenters. The summed E-state index contributed by atoms with van der Waals surface area (Å²) in [7, 11) is -31.3. The number of phenolic OH excluding ortho intramolecular Hbond substituents is 4. The minimum atomic E-state index is -5.63. The molecular formula is C62H47N11O23S6. The lowest BCUT2D eigenvalue weighted by atomic mass is 10.0. The van der Waals surface area contributed by atoms with Gasteiger partial charge in [-0.25, -0.2) is 0 Å². The Kier molecular flexibility index (Phi) is 19.3. The van der Waals surface area contributed by atoms with Crippen LogP contribution in [0.3, 0.4) is 0 Å². The Morgan fingerprint density at radius 3 is 1.55 bits per heavy atom. The van der Waals surface area contributed by atoms with Crippen molar-refractivity contribution in [3.8, 4) is 28.7 Å². The van der Waals surface area contributed by atoms with Gasteiger partial charge in [0.15, 0.2) is 17.2 Å². The van der Waals surface area contributed by atoms with Gasteiger partial charge in [-0.05, 0) is 139 Å². The number of nitrogens with one attached hydrogen (secondary N) is 1. The molecule has 0 saturated heterocycles. The average Bonchev–Trinajstić information content (AvgIpc) is 0.751. The summed E-state index contributed by atoms with van der Waals surface area (Å²) in [5, 5.41) is 87.2. The Labute approximate surface area is 576 Å². The van der Waals surface area contributed by atoms with E-state index >= 15 is 0 Å². The van der Waals surface area contributed by atoms with Gasteiger partial charge in [0, 0.05) is 44.8 Å². The summed E-state index contributed by atoms with van der Waals surface area (Å²) in [5.41, 5.74) is -3.57. The Morgan fingerprint density at radius 1 is 0.382 bits per heavy atom. The summed E-state index contributed by atoms with van der Waals surface area (Å²) in [6.07, 6.45) is 0.370. The fraction of sp³-hybridized carbons (Fsp3) is 0.0645. The summed E-state index contributed by atoms with van der Waals surface area (Å²) in [4.78, 5) is -5.80. The number of azo groups is 5. The molecule has 11 N–H and O–H groups in total. The van der Waals surface area contributed by atoms with Crippen molar-refractivity contribution in [3.05, 3.63) is 163 Å². The molecule has 11 aromatic carbocycles. The average molecular weight is 1510 g/mol. The molecule has 0 aromatic heterocycles. The number of hydrogen-bond acceptors (Lipinski definition) is 28. The van der Waals surface area contributed by atoms with Crippen LogP contribution >= 0.6 is 0 Å². The second kappa shape index (κ2) is 27.3. The number of nitrogens with zero attached hydrogens (tertiary/aromatic N) is 10. The van der Waals surface area contributed by atoms with E-state index in [0.717, 1.165) is 42.5 Å². The highest BCUT2D eigenvalue weighted by molar-refractivity contribution is 7.87. The molecule has 0 atom stereocenters. The minimum absolute atomic E-state index is 0.00841. The van der Waals surface area contributed by atoms with Crippen molar-refractivity contribution in [2.75, 3.05) is 11.9 Å². The van der Waals surface area contributed by atoms with Crippen LogP contribution in [0.2, 0.25) is 0 Å². The van der Waals surface area contributed by atoms with Gasteiger partial charge in [-0.3, -0.25) is 27.3 Å². The Bertz CT molecular complexity index is 6280. The van der Waals surface area contributed by atoms with Crippen molar-refractivity contribution in [3.63, 3.8) is 0 Å². The van der Waals surface area contributed by atoms with Crippen molar-refractivity contribution >= 4 is 172 Å². The maximum atomic E-state index is 13.6. The second-order valence-electron chi connectivity index (χ2n) is 21.8. The molecule has 0 spiro atoms. The number of phenols is 4. The summed E-state index contributed by atoms with van der Waals surface area (Å²) >= 11 is 0. The Balaban J connectivity index is 0.980. The minimum Gasteiger partial charge on any atom is -0.507 e. The third-order valence-electron chi connectivity index (χ3n) is 14.9. The first-order chi connectivity index (χ1) is 47.9. The highest BCUT2D eigenvalue weighted by atomic mass is 32.2. The molecule has 34 nitrogen and oxygen atoms in total. The fourth-order valence-electron chi connectivity index (χ4n) is 10.3. The largest absolute Gasteiger partial charge is 0.507 e. The molecule has 40 heteroatoms. The zero-order chi connectivity index (χ0) is 73.8.